The van der Waals surface area contributed by atoms with Crippen LogP contribution in [-0.2, 0) is 15.7 Å². The minimum absolute atomic E-state index is 0.0249. The summed E-state index contributed by atoms with van der Waals surface area (Å²) in [7, 11) is 0. The molecule has 2 N–H and O–H groups in total. The molecule has 8 nitrogen and oxygen atoms in total. The molecule has 0 aromatic heterocycles. The number of ether oxygens (including phenoxy) is 1. The number of nitrogens with two attached hydrogens (primary N) is 1. The lowest BCUT2D eigenvalue weighted by Gasteiger charge is -2.15. The Labute approximate surface area is 133 Å². The van der Waals surface area contributed by atoms with E-state index in [1.807, 2.05) is 0 Å². The van der Waals surface area contributed by atoms with E-state index < -0.39 is 39.6 Å². The molecule has 0 amide bonds. The molecule has 0 radical (unpaired) electrons. The zero-order chi connectivity index (χ0) is 18.5. The number of carbonyl (C=O) groups is 1. The smallest absolute Gasteiger partial charge is 0.416 e. The van der Waals surface area contributed by atoms with Gasteiger partial charge in [0.2, 0.25) is 0 Å². The summed E-state index contributed by atoms with van der Waals surface area (Å²) < 4.78 is 42.5. The van der Waals surface area contributed by atoms with Crippen LogP contribution in [0.5, 0.6) is 0 Å². The number of hydrogen-bond acceptors (Lipinski definition) is 7. The molecule has 0 fully saturated rings. The minimum atomic E-state index is -4.78. The molecular weight excluding hydrogens is 333 g/mol. The first-order valence-electron chi connectivity index (χ1n) is 6.30. The van der Waals surface area contributed by atoms with Crippen LogP contribution in [0.4, 0.5) is 24.5 Å². The number of nitro groups is 1. The van der Waals surface area contributed by atoms with Crippen molar-refractivity contribution in [1.82, 2.24) is 0 Å². The van der Waals surface area contributed by atoms with E-state index >= 15 is 0 Å². The van der Waals surface area contributed by atoms with Crippen LogP contribution in [0.1, 0.15) is 12.5 Å². The first-order chi connectivity index (χ1) is 11.1. The topological polar surface area (TPSA) is 122 Å². The Hall–Kier alpha value is -3.13. The Morgan fingerprint density at radius 1 is 1.54 bits per heavy atom. The highest BCUT2D eigenvalue weighted by atomic mass is 19.4. The summed E-state index contributed by atoms with van der Waals surface area (Å²) in [6, 6.07) is 3.14. The lowest BCUT2D eigenvalue weighted by molar-refractivity contribution is -0.384. The Morgan fingerprint density at radius 2 is 2.17 bits per heavy atom. The third-order valence-corrected chi connectivity index (χ3v) is 2.66. The van der Waals surface area contributed by atoms with Gasteiger partial charge < -0.3 is 4.74 Å². The predicted octanol–water partition coefficient (Wildman–Crippen LogP) is 2.26. The van der Waals surface area contributed by atoms with Crippen LogP contribution in [0.2, 0.25) is 0 Å². The van der Waals surface area contributed by atoms with E-state index in [0.717, 1.165) is 12.3 Å². The number of rotatable bonds is 5. The molecule has 0 aliphatic heterocycles. The monoisotopic (exact) mass is 344 g/mol. The molecule has 0 atom stereocenters. The quantitative estimate of drug-likeness (QED) is 0.217. The minimum Gasteiger partial charge on any atom is -0.462 e. The van der Waals surface area contributed by atoms with Crippen molar-refractivity contribution in [3.05, 3.63) is 45.6 Å². The zero-order valence-electron chi connectivity index (χ0n) is 12.2. The fourth-order valence-corrected chi connectivity index (χ4v) is 1.61. The molecule has 0 aliphatic rings. The molecule has 11 heteroatoms. The van der Waals surface area contributed by atoms with Crippen LogP contribution < -0.4 is 10.9 Å². The van der Waals surface area contributed by atoms with Crippen LogP contribution >= 0.6 is 0 Å². The van der Waals surface area contributed by atoms with Crippen LogP contribution in [-0.4, -0.2) is 17.5 Å². The highest BCUT2D eigenvalue weighted by Gasteiger charge is 2.33. The third-order valence-electron chi connectivity index (χ3n) is 2.66. The Balaban J connectivity index is 3.32. The maximum Gasteiger partial charge on any atom is 0.416 e. The molecule has 0 saturated heterocycles. The van der Waals surface area contributed by atoms with Crippen LogP contribution in [0.15, 0.2) is 30.0 Å². The van der Waals surface area contributed by atoms with E-state index in [9.17, 15) is 28.1 Å². The van der Waals surface area contributed by atoms with Gasteiger partial charge in [0.1, 0.15) is 11.8 Å². The molecule has 1 aromatic carbocycles. The average molecular weight is 344 g/mol. The van der Waals surface area contributed by atoms with Crippen molar-refractivity contribution in [1.29, 1.82) is 5.26 Å². The normalized spacial score (nSPS) is 11.6. The summed E-state index contributed by atoms with van der Waals surface area (Å²) in [5.41, 5.74) is -3.19. The van der Waals surface area contributed by atoms with Crippen LogP contribution in [0, 0.1) is 21.4 Å². The number of nitrogens with zero attached hydrogens (tertiary/aromatic N) is 3. The Morgan fingerprint density at radius 3 is 2.62 bits per heavy atom. The van der Waals surface area contributed by atoms with Gasteiger partial charge in [-0.2, -0.15) is 18.4 Å². The van der Waals surface area contributed by atoms with Gasteiger partial charge in [0, 0.05) is 12.3 Å². The van der Waals surface area contributed by atoms with Crippen molar-refractivity contribution in [2.75, 3.05) is 11.6 Å². The molecule has 1 rings (SSSR count). The number of carbonyl (C=O) groups excluding carboxylic acids is 1. The molecule has 0 saturated carbocycles. The number of nitriles is 1. The van der Waals surface area contributed by atoms with Gasteiger partial charge in [-0.3, -0.25) is 15.1 Å². The van der Waals surface area contributed by atoms with Gasteiger partial charge in [-0.05, 0) is 19.1 Å². The van der Waals surface area contributed by atoms with Crippen LogP contribution in [0.25, 0.3) is 0 Å². The summed E-state index contributed by atoms with van der Waals surface area (Å²) in [6.07, 6.45) is -4.05. The number of anilines is 1. The van der Waals surface area contributed by atoms with E-state index in [1.54, 1.807) is 0 Å². The standard InChI is InChI=1S/C13H11F3N4O4/c1-2-24-12(21)8(6-17)7-19(18)10-4-3-9(13(14,15)16)5-11(10)20(22)23/h3-5,7H,2,18H2,1H3/b8-7-. The second-order valence-corrected chi connectivity index (χ2v) is 4.24. The number of alkyl halides is 3. The largest absolute Gasteiger partial charge is 0.462 e. The average Bonchev–Trinajstić information content (AvgIpc) is 2.50. The van der Waals surface area contributed by atoms with Gasteiger partial charge in [0.15, 0.2) is 5.57 Å². The Kier molecular flexibility index (Phi) is 5.85. The van der Waals surface area contributed by atoms with Crippen molar-refractivity contribution in [2.45, 2.75) is 13.1 Å². The summed E-state index contributed by atoms with van der Waals surface area (Å²) in [5, 5.41) is 20.3. The third kappa shape index (κ3) is 4.43. The molecule has 0 heterocycles. The first kappa shape index (κ1) is 18.9. The van der Waals surface area contributed by atoms with E-state index in [0.29, 0.717) is 17.1 Å². The van der Waals surface area contributed by atoms with Crippen molar-refractivity contribution in [2.24, 2.45) is 5.84 Å². The summed E-state index contributed by atoms with van der Waals surface area (Å²) in [4.78, 5) is 21.4. The summed E-state index contributed by atoms with van der Waals surface area (Å²) in [5.74, 6) is 4.49. The van der Waals surface area contributed by atoms with Crippen molar-refractivity contribution in [3.63, 3.8) is 0 Å². The van der Waals surface area contributed by atoms with Gasteiger partial charge >= 0.3 is 12.1 Å². The molecule has 1 aromatic rings. The lowest BCUT2D eigenvalue weighted by Crippen LogP contribution is -2.27. The number of benzene rings is 1. The van der Waals surface area contributed by atoms with Gasteiger partial charge in [0.05, 0.1) is 17.1 Å². The van der Waals surface area contributed by atoms with E-state index in [4.69, 9.17) is 11.1 Å². The molecule has 0 bridgehead atoms. The second-order valence-electron chi connectivity index (χ2n) is 4.24. The zero-order valence-corrected chi connectivity index (χ0v) is 12.2. The van der Waals surface area contributed by atoms with Crippen LogP contribution in [0.3, 0.4) is 0 Å². The number of nitro benzene ring substituents is 1. The predicted molar refractivity (Wildman–Crippen MR) is 75.1 cm³/mol. The fourth-order valence-electron chi connectivity index (χ4n) is 1.61. The SMILES string of the molecule is CCOC(=O)/C(C#N)=C\N(N)c1ccc(C(F)(F)F)cc1[N+](=O)[O-]. The maximum absolute atomic E-state index is 12.6. The highest BCUT2D eigenvalue weighted by molar-refractivity contribution is 5.93. The number of halogens is 3. The van der Waals surface area contributed by atoms with Crippen molar-refractivity contribution in [3.8, 4) is 6.07 Å². The Bertz CT molecular complexity index is 725. The van der Waals surface area contributed by atoms with Gasteiger partial charge in [0.25, 0.3) is 5.69 Å². The van der Waals surface area contributed by atoms with Gasteiger partial charge in [-0.25, -0.2) is 10.6 Å². The van der Waals surface area contributed by atoms with Gasteiger partial charge in [-0.15, -0.1) is 0 Å². The molecular formula is C13H11F3N4O4. The van der Waals surface area contributed by atoms with Gasteiger partial charge in [-0.1, -0.05) is 0 Å². The number of hydrazine groups is 1. The summed E-state index contributed by atoms with van der Waals surface area (Å²) >= 11 is 0. The molecule has 0 unspecified atom stereocenters. The molecule has 24 heavy (non-hydrogen) atoms. The molecule has 128 valence electrons. The lowest BCUT2D eigenvalue weighted by atomic mass is 10.1. The summed E-state index contributed by atoms with van der Waals surface area (Å²) in [6.45, 7) is 1.47. The van der Waals surface area contributed by atoms with Crippen molar-refractivity contribution >= 4 is 17.3 Å². The molecule has 0 aliphatic carbocycles. The van der Waals surface area contributed by atoms with E-state index in [-0.39, 0.29) is 6.61 Å². The first-order valence-corrected chi connectivity index (χ1v) is 6.30. The van der Waals surface area contributed by atoms with Crippen molar-refractivity contribution < 1.29 is 27.6 Å². The second kappa shape index (κ2) is 7.42. The van der Waals surface area contributed by atoms with E-state index in [1.165, 1.54) is 13.0 Å². The highest BCUT2D eigenvalue weighted by Crippen LogP contribution is 2.36. The molecule has 0 spiro atoms. The van der Waals surface area contributed by atoms with E-state index in [2.05, 4.69) is 4.74 Å². The number of esters is 1. The number of hydrogen-bond donors (Lipinski definition) is 1. The maximum atomic E-state index is 12.6. The fraction of sp³-hybridized carbons (Fsp3) is 0.231.